The first-order valence-electron chi connectivity index (χ1n) is 5.79. The zero-order valence-electron chi connectivity index (χ0n) is 10.2. The van der Waals surface area contributed by atoms with Crippen molar-refractivity contribution in [3.8, 4) is 12.3 Å². The van der Waals surface area contributed by atoms with Crippen LogP contribution in [0.2, 0.25) is 0 Å². The standard InChI is InChI=1S/C16H13NO2/c1-2-16(15(18)19,13-9-5-3-6-10-13)17-14-11-7-4-8-12-14/h1,3-12,17H,(H,18,19)/t16-/m0/s1. The number of carbonyl (C=O) groups is 1. The quantitative estimate of drug-likeness (QED) is 0.821. The Balaban J connectivity index is 2.48. The second-order valence-corrected chi connectivity index (χ2v) is 4.06. The number of para-hydroxylation sites is 1. The Kier molecular flexibility index (Phi) is 3.53. The minimum Gasteiger partial charge on any atom is -0.478 e. The van der Waals surface area contributed by atoms with Crippen molar-refractivity contribution in [2.45, 2.75) is 5.54 Å². The Hall–Kier alpha value is -2.73. The third kappa shape index (κ3) is 2.43. The minimum atomic E-state index is -1.57. The van der Waals surface area contributed by atoms with Crippen LogP contribution >= 0.6 is 0 Å². The Bertz CT molecular complexity index is 602. The van der Waals surface area contributed by atoms with Crippen molar-refractivity contribution in [1.29, 1.82) is 0 Å². The predicted octanol–water partition coefficient (Wildman–Crippen LogP) is 2.71. The largest absolute Gasteiger partial charge is 0.478 e. The van der Waals surface area contributed by atoms with Gasteiger partial charge in [-0.3, -0.25) is 0 Å². The van der Waals surface area contributed by atoms with Crippen LogP contribution in [0, 0.1) is 12.3 Å². The van der Waals surface area contributed by atoms with Gasteiger partial charge in [-0.2, -0.15) is 0 Å². The lowest BCUT2D eigenvalue weighted by Gasteiger charge is -2.26. The van der Waals surface area contributed by atoms with Crippen molar-refractivity contribution < 1.29 is 9.90 Å². The first kappa shape index (κ1) is 12.7. The van der Waals surface area contributed by atoms with Gasteiger partial charge in [0.15, 0.2) is 0 Å². The van der Waals surface area contributed by atoms with E-state index < -0.39 is 11.5 Å². The molecule has 0 saturated heterocycles. The Morgan fingerprint density at radius 1 is 1.05 bits per heavy atom. The molecule has 1 atom stereocenters. The normalized spacial score (nSPS) is 13.0. The van der Waals surface area contributed by atoms with Crippen molar-refractivity contribution in [2.24, 2.45) is 0 Å². The number of hydrogen-bond donors (Lipinski definition) is 2. The molecule has 3 nitrogen and oxygen atoms in total. The molecule has 19 heavy (non-hydrogen) atoms. The number of hydrogen-bond acceptors (Lipinski definition) is 2. The van der Waals surface area contributed by atoms with E-state index >= 15 is 0 Å². The van der Waals surface area contributed by atoms with Crippen molar-refractivity contribution in [3.63, 3.8) is 0 Å². The third-order valence-corrected chi connectivity index (χ3v) is 2.85. The lowest BCUT2D eigenvalue weighted by molar-refractivity contribution is -0.140. The molecule has 0 heterocycles. The van der Waals surface area contributed by atoms with E-state index in [1.807, 2.05) is 24.3 Å². The van der Waals surface area contributed by atoms with E-state index in [1.54, 1.807) is 36.4 Å². The number of carboxylic acid groups (broad SMARTS) is 1. The molecule has 2 aromatic carbocycles. The van der Waals surface area contributed by atoms with Gasteiger partial charge in [-0.05, 0) is 12.1 Å². The zero-order chi connectivity index (χ0) is 13.7. The van der Waals surface area contributed by atoms with Gasteiger partial charge in [0.05, 0.1) is 0 Å². The summed E-state index contributed by atoms with van der Waals surface area (Å²) in [4.78, 5) is 11.7. The van der Waals surface area contributed by atoms with Crippen LogP contribution in [0.1, 0.15) is 5.56 Å². The van der Waals surface area contributed by atoms with Gasteiger partial charge in [0.1, 0.15) is 0 Å². The molecule has 0 aliphatic heterocycles. The van der Waals surface area contributed by atoms with Crippen LogP contribution in [0.25, 0.3) is 0 Å². The number of rotatable bonds is 4. The summed E-state index contributed by atoms with van der Waals surface area (Å²) >= 11 is 0. The average molecular weight is 251 g/mol. The fourth-order valence-corrected chi connectivity index (χ4v) is 1.86. The molecule has 0 spiro atoms. The molecule has 0 unspecified atom stereocenters. The van der Waals surface area contributed by atoms with Crippen molar-refractivity contribution in [2.75, 3.05) is 5.32 Å². The van der Waals surface area contributed by atoms with E-state index in [1.165, 1.54) is 0 Å². The molecule has 2 rings (SSSR count). The lowest BCUT2D eigenvalue weighted by Crippen LogP contribution is -2.42. The molecular formula is C16H13NO2. The fraction of sp³-hybridized carbons (Fsp3) is 0.0625. The van der Waals surface area contributed by atoms with Crippen LogP contribution in [-0.4, -0.2) is 11.1 Å². The molecule has 0 saturated carbocycles. The zero-order valence-corrected chi connectivity index (χ0v) is 10.2. The fourth-order valence-electron chi connectivity index (χ4n) is 1.86. The summed E-state index contributed by atoms with van der Waals surface area (Å²) in [5.41, 5.74) is -0.386. The van der Waals surface area contributed by atoms with Gasteiger partial charge < -0.3 is 10.4 Å². The predicted molar refractivity (Wildman–Crippen MR) is 74.7 cm³/mol. The Morgan fingerprint density at radius 3 is 2.05 bits per heavy atom. The van der Waals surface area contributed by atoms with E-state index in [9.17, 15) is 9.90 Å². The van der Waals surface area contributed by atoms with Crippen LogP contribution in [0.4, 0.5) is 5.69 Å². The number of aliphatic carboxylic acids is 1. The highest BCUT2D eigenvalue weighted by Gasteiger charge is 2.38. The third-order valence-electron chi connectivity index (χ3n) is 2.85. The molecule has 0 radical (unpaired) electrons. The summed E-state index contributed by atoms with van der Waals surface area (Å²) < 4.78 is 0. The summed E-state index contributed by atoms with van der Waals surface area (Å²) in [7, 11) is 0. The molecule has 3 heteroatoms. The second-order valence-electron chi connectivity index (χ2n) is 4.06. The van der Waals surface area contributed by atoms with Gasteiger partial charge in [-0.15, -0.1) is 6.42 Å². The van der Waals surface area contributed by atoms with Crippen molar-refractivity contribution in [3.05, 3.63) is 66.2 Å². The molecular weight excluding hydrogens is 238 g/mol. The van der Waals surface area contributed by atoms with Crippen LogP contribution in [0.3, 0.4) is 0 Å². The van der Waals surface area contributed by atoms with Gasteiger partial charge in [0.25, 0.3) is 0 Å². The van der Waals surface area contributed by atoms with Crippen LogP contribution in [0.15, 0.2) is 60.7 Å². The molecule has 0 aromatic heterocycles. The van der Waals surface area contributed by atoms with Gasteiger partial charge in [-0.1, -0.05) is 54.5 Å². The summed E-state index contributed by atoms with van der Waals surface area (Å²) in [5.74, 6) is 1.26. The van der Waals surface area contributed by atoms with Gasteiger partial charge in [0.2, 0.25) is 5.54 Å². The second kappa shape index (κ2) is 5.28. The first-order chi connectivity index (χ1) is 9.19. The molecule has 2 N–H and O–H groups in total. The molecule has 0 bridgehead atoms. The summed E-state index contributed by atoms with van der Waals surface area (Å²) in [6.45, 7) is 0. The average Bonchev–Trinajstić information content (AvgIpc) is 2.46. The maximum absolute atomic E-state index is 11.7. The molecule has 0 amide bonds. The summed E-state index contributed by atoms with van der Waals surface area (Å²) in [5, 5.41) is 12.5. The monoisotopic (exact) mass is 251 g/mol. The van der Waals surface area contributed by atoms with Crippen molar-refractivity contribution in [1.82, 2.24) is 0 Å². The van der Waals surface area contributed by atoms with Crippen molar-refractivity contribution >= 4 is 11.7 Å². The Labute approximate surface area is 111 Å². The number of anilines is 1. The summed E-state index contributed by atoms with van der Waals surface area (Å²) in [6, 6.07) is 17.8. The number of nitrogens with one attached hydrogen (secondary N) is 1. The topological polar surface area (TPSA) is 49.3 Å². The van der Waals surface area contributed by atoms with E-state index in [-0.39, 0.29) is 0 Å². The highest BCUT2D eigenvalue weighted by Crippen LogP contribution is 2.26. The SMILES string of the molecule is C#C[C@@](Nc1ccccc1)(C(=O)O)c1ccccc1. The maximum atomic E-state index is 11.7. The molecule has 0 aliphatic rings. The minimum absolute atomic E-state index is 0.522. The number of carboxylic acids is 1. The highest BCUT2D eigenvalue weighted by molar-refractivity contribution is 5.88. The van der Waals surface area contributed by atoms with Crippen LogP contribution in [0.5, 0.6) is 0 Å². The van der Waals surface area contributed by atoms with E-state index in [0.29, 0.717) is 11.3 Å². The van der Waals surface area contributed by atoms with Gasteiger partial charge >= 0.3 is 5.97 Å². The lowest BCUT2D eigenvalue weighted by atomic mass is 9.90. The molecule has 2 aromatic rings. The Morgan fingerprint density at radius 2 is 1.58 bits per heavy atom. The van der Waals surface area contributed by atoms with Crippen LogP contribution < -0.4 is 5.32 Å². The maximum Gasteiger partial charge on any atom is 0.346 e. The van der Waals surface area contributed by atoms with Gasteiger partial charge in [0, 0.05) is 11.3 Å². The highest BCUT2D eigenvalue weighted by atomic mass is 16.4. The van der Waals surface area contributed by atoms with E-state index in [4.69, 9.17) is 6.42 Å². The number of benzene rings is 2. The molecule has 0 fully saturated rings. The number of terminal acetylenes is 1. The van der Waals surface area contributed by atoms with E-state index in [2.05, 4.69) is 11.2 Å². The van der Waals surface area contributed by atoms with Crippen LogP contribution in [-0.2, 0) is 10.3 Å². The summed E-state index contributed by atoms with van der Waals surface area (Å²) in [6.07, 6.45) is 5.50. The van der Waals surface area contributed by atoms with Gasteiger partial charge in [-0.25, -0.2) is 4.79 Å². The smallest absolute Gasteiger partial charge is 0.346 e. The van der Waals surface area contributed by atoms with E-state index in [0.717, 1.165) is 0 Å². The molecule has 94 valence electrons. The first-order valence-corrected chi connectivity index (χ1v) is 5.79. The molecule has 0 aliphatic carbocycles.